The fourth-order valence-corrected chi connectivity index (χ4v) is 3.59. The Balaban J connectivity index is 1.63. The van der Waals surface area contributed by atoms with E-state index in [1.54, 1.807) is 0 Å². The van der Waals surface area contributed by atoms with Crippen molar-refractivity contribution in [3.8, 4) is 11.5 Å². The summed E-state index contributed by atoms with van der Waals surface area (Å²) in [7, 11) is 0. The molecule has 1 aromatic rings. The molecular formula is C19H25NO5. The van der Waals surface area contributed by atoms with Crippen molar-refractivity contribution in [3.63, 3.8) is 0 Å². The average Bonchev–Trinajstić information content (AvgIpc) is 2.57. The summed E-state index contributed by atoms with van der Waals surface area (Å²) < 4.78 is 11.0. The van der Waals surface area contributed by atoms with Crippen LogP contribution in [0.3, 0.4) is 0 Å². The van der Waals surface area contributed by atoms with Crippen LogP contribution < -0.4 is 14.8 Å². The van der Waals surface area contributed by atoms with Crippen molar-refractivity contribution < 1.29 is 24.2 Å². The first-order valence-corrected chi connectivity index (χ1v) is 9.04. The zero-order valence-electron chi connectivity index (χ0n) is 14.3. The van der Waals surface area contributed by atoms with Crippen molar-refractivity contribution in [2.45, 2.75) is 51.0 Å². The van der Waals surface area contributed by atoms with Crippen molar-refractivity contribution in [1.82, 2.24) is 5.32 Å². The van der Waals surface area contributed by atoms with Crippen LogP contribution in [0.5, 0.6) is 11.5 Å². The smallest absolute Gasteiger partial charge is 0.308 e. The average molecular weight is 347 g/mol. The van der Waals surface area contributed by atoms with Gasteiger partial charge in [0.05, 0.1) is 12.3 Å². The molecule has 1 fully saturated rings. The highest BCUT2D eigenvalue weighted by atomic mass is 16.6. The molecule has 1 aliphatic carbocycles. The third kappa shape index (κ3) is 4.65. The Hall–Kier alpha value is -2.24. The number of fused-ring (bicyclic) bond motifs is 1. The van der Waals surface area contributed by atoms with E-state index in [0.717, 1.165) is 37.7 Å². The standard InChI is InChI=1S/C19H25NO5/c21-18(12-13-7-8-16-17(11-13)25-10-9-24-16)20-15-6-4-2-1-3-5-14(15)19(22)23/h7-8,11,14-15H,1-6,9-10,12H2,(H,20,21)(H,22,23). The van der Waals surface area contributed by atoms with Gasteiger partial charge < -0.3 is 19.9 Å². The number of carboxylic acid groups (broad SMARTS) is 1. The Labute approximate surface area is 147 Å². The minimum Gasteiger partial charge on any atom is -0.486 e. The van der Waals surface area contributed by atoms with Crippen molar-refractivity contribution in [2.24, 2.45) is 5.92 Å². The fraction of sp³-hybridized carbons (Fsp3) is 0.579. The third-order valence-corrected chi connectivity index (χ3v) is 4.90. The van der Waals surface area contributed by atoms with Crippen LogP contribution in [-0.2, 0) is 16.0 Å². The molecule has 0 saturated heterocycles. The number of hydrogen-bond acceptors (Lipinski definition) is 4. The van der Waals surface area contributed by atoms with E-state index in [0.29, 0.717) is 31.1 Å². The lowest BCUT2D eigenvalue weighted by atomic mass is 9.86. The topological polar surface area (TPSA) is 84.9 Å². The lowest BCUT2D eigenvalue weighted by Crippen LogP contribution is -2.44. The Morgan fingerprint density at radius 1 is 1.04 bits per heavy atom. The van der Waals surface area contributed by atoms with Gasteiger partial charge in [0.15, 0.2) is 11.5 Å². The van der Waals surface area contributed by atoms with E-state index in [1.807, 2.05) is 18.2 Å². The van der Waals surface area contributed by atoms with Crippen LogP contribution in [0, 0.1) is 5.92 Å². The zero-order valence-corrected chi connectivity index (χ0v) is 14.3. The maximum absolute atomic E-state index is 12.4. The molecule has 6 heteroatoms. The number of carboxylic acids is 1. The van der Waals surface area contributed by atoms with E-state index >= 15 is 0 Å². The molecule has 6 nitrogen and oxygen atoms in total. The van der Waals surface area contributed by atoms with Crippen LogP contribution in [0.25, 0.3) is 0 Å². The Morgan fingerprint density at radius 3 is 2.52 bits per heavy atom. The summed E-state index contributed by atoms with van der Waals surface area (Å²) in [6.45, 7) is 1.04. The Kier molecular flexibility index (Phi) is 5.79. The second kappa shape index (κ2) is 8.23. The molecule has 3 rings (SSSR count). The molecule has 0 radical (unpaired) electrons. The van der Waals surface area contributed by atoms with E-state index < -0.39 is 11.9 Å². The molecule has 25 heavy (non-hydrogen) atoms. The maximum atomic E-state index is 12.4. The molecule has 2 unspecified atom stereocenters. The van der Waals surface area contributed by atoms with Gasteiger partial charge in [-0.25, -0.2) is 0 Å². The summed E-state index contributed by atoms with van der Waals surface area (Å²) in [5.74, 6) is -0.100. The normalized spacial score (nSPS) is 23.2. The van der Waals surface area contributed by atoms with Gasteiger partial charge in [-0.1, -0.05) is 31.7 Å². The van der Waals surface area contributed by atoms with Crippen molar-refractivity contribution in [2.75, 3.05) is 13.2 Å². The predicted molar refractivity (Wildman–Crippen MR) is 91.9 cm³/mol. The number of nitrogens with one attached hydrogen (secondary N) is 1. The number of hydrogen-bond donors (Lipinski definition) is 2. The number of carbonyl (C=O) groups excluding carboxylic acids is 1. The minimum atomic E-state index is -0.813. The fourth-order valence-electron chi connectivity index (χ4n) is 3.59. The molecule has 1 saturated carbocycles. The van der Waals surface area contributed by atoms with Crippen molar-refractivity contribution in [1.29, 1.82) is 0 Å². The highest BCUT2D eigenvalue weighted by molar-refractivity contribution is 5.80. The maximum Gasteiger partial charge on any atom is 0.308 e. The highest BCUT2D eigenvalue weighted by Gasteiger charge is 2.29. The molecule has 0 spiro atoms. The van der Waals surface area contributed by atoms with Crippen LogP contribution in [0.2, 0.25) is 0 Å². The Morgan fingerprint density at radius 2 is 1.76 bits per heavy atom. The lowest BCUT2D eigenvalue weighted by molar-refractivity contribution is -0.143. The first kappa shape index (κ1) is 17.6. The quantitative estimate of drug-likeness (QED) is 0.874. The summed E-state index contributed by atoms with van der Waals surface area (Å²) in [6.07, 6.45) is 5.60. The largest absolute Gasteiger partial charge is 0.486 e. The number of benzene rings is 1. The second-order valence-electron chi connectivity index (χ2n) is 6.77. The Bertz CT molecular complexity index is 630. The van der Waals surface area contributed by atoms with Crippen LogP contribution in [0.15, 0.2) is 18.2 Å². The van der Waals surface area contributed by atoms with E-state index in [1.165, 1.54) is 0 Å². The first-order valence-electron chi connectivity index (χ1n) is 9.04. The molecule has 1 aromatic carbocycles. The van der Waals surface area contributed by atoms with Gasteiger partial charge in [-0.15, -0.1) is 0 Å². The summed E-state index contributed by atoms with van der Waals surface area (Å²) in [6, 6.07) is 5.19. The van der Waals surface area contributed by atoms with Gasteiger partial charge in [-0.2, -0.15) is 0 Å². The molecule has 1 aliphatic heterocycles. The molecule has 2 N–H and O–H groups in total. The number of rotatable bonds is 4. The first-order chi connectivity index (χ1) is 12.1. The highest BCUT2D eigenvalue weighted by Crippen LogP contribution is 2.31. The number of aliphatic carboxylic acids is 1. The van der Waals surface area contributed by atoms with Crippen LogP contribution >= 0.6 is 0 Å². The van der Waals surface area contributed by atoms with Gasteiger partial charge in [0.25, 0.3) is 0 Å². The number of carbonyl (C=O) groups is 2. The van der Waals surface area contributed by atoms with E-state index in [4.69, 9.17) is 9.47 Å². The number of amides is 1. The number of ether oxygens (including phenoxy) is 2. The molecule has 2 aliphatic rings. The van der Waals surface area contributed by atoms with Crippen molar-refractivity contribution in [3.05, 3.63) is 23.8 Å². The van der Waals surface area contributed by atoms with Gasteiger partial charge in [0.1, 0.15) is 13.2 Å². The van der Waals surface area contributed by atoms with Crippen LogP contribution in [-0.4, -0.2) is 36.2 Å². The summed E-state index contributed by atoms with van der Waals surface area (Å²) in [5, 5.41) is 12.4. The monoisotopic (exact) mass is 347 g/mol. The van der Waals surface area contributed by atoms with E-state index in [2.05, 4.69) is 5.32 Å². The van der Waals surface area contributed by atoms with Gasteiger partial charge in [0, 0.05) is 6.04 Å². The van der Waals surface area contributed by atoms with Gasteiger partial charge in [-0.3, -0.25) is 9.59 Å². The molecule has 0 bridgehead atoms. The molecule has 1 heterocycles. The SMILES string of the molecule is O=C(Cc1ccc2c(c1)OCCO2)NC1CCCCCCC1C(=O)O. The lowest BCUT2D eigenvalue weighted by Gasteiger charge is -2.27. The third-order valence-electron chi connectivity index (χ3n) is 4.90. The molecular weight excluding hydrogens is 322 g/mol. The summed E-state index contributed by atoms with van der Waals surface area (Å²) in [5.41, 5.74) is 0.833. The van der Waals surface area contributed by atoms with Gasteiger partial charge in [0.2, 0.25) is 5.91 Å². The zero-order chi connectivity index (χ0) is 17.6. The van der Waals surface area contributed by atoms with Crippen molar-refractivity contribution >= 4 is 11.9 Å². The second-order valence-corrected chi connectivity index (χ2v) is 6.77. The van der Waals surface area contributed by atoms with Crippen LogP contribution in [0.1, 0.15) is 44.1 Å². The van der Waals surface area contributed by atoms with Gasteiger partial charge >= 0.3 is 5.97 Å². The van der Waals surface area contributed by atoms with E-state index in [-0.39, 0.29) is 18.4 Å². The van der Waals surface area contributed by atoms with Gasteiger partial charge in [-0.05, 0) is 30.5 Å². The van der Waals surface area contributed by atoms with E-state index in [9.17, 15) is 14.7 Å². The van der Waals surface area contributed by atoms with Crippen LogP contribution in [0.4, 0.5) is 0 Å². The molecule has 2 atom stereocenters. The molecule has 1 amide bonds. The minimum absolute atomic E-state index is 0.145. The molecule has 0 aromatic heterocycles. The summed E-state index contributed by atoms with van der Waals surface area (Å²) >= 11 is 0. The molecule has 136 valence electrons. The summed E-state index contributed by atoms with van der Waals surface area (Å²) in [4.78, 5) is 24.0. The predicted octanol–water partition coefficient (Wildman–Crippen LogP) is 2.54.